The molecule has 40 valence electrons. The zero-order chi connectivity index (χ0) is 4.85. The minimum atomic E-state index is 0.591. The third-order valence-electron chi connectivity index (χ3n) is 2.30. The van der Waals surface area contributed by atoms with Crippen LogP contribution in [0, 0.1) is 11.8 Å². The third-order valence-corrected chi connectivity index (χ3v) is 2.95. The van der Waals surface area contributed by atoms with E-state index in [2.05, 4.69) is 0 Å². The number of halogens is 1. The summed E-state index contributed by atoms with van der Waals surface area (Å²) in [5.74, 6) is 1.89. The van der Waals surface area contributed by atoms with Gasteiger partial charge in [0.1, 0.15) is 0 Å². The maximum Gasteiger partial charge on any atom is 0.0398 e. The number of alkyl halides is 1. The normalized spacial score (nSPS) is 57.0. The lowest BCUT2D eigenvalue weighted by Crippen LogP contribution is -1.79. The van der Waals surface area contributed by atoms with Crippen molar-refractivity contribution in [3.05, 3.63) is 0 Å². The van der Waals surface area contributed by atoms with Gasteiger partial charge in [0.15, 0.2) is 0 Å². The Hall–Kier alpha value is 0.290. The number of fused-ring (bicyclic) bond motifs is 1. The van der Waals surface area contributed by atoms with E-state index in [0.29, 0.717) is 5.38 Å². The van der Waals surface area contributed by atoms with Crippen molar-refractivity contribution in [1.82, 2.24) is 0 Å². The van der Waals surface area contributed by atoms with Gasteiger partial charge in [-0.25, -0.2) is 0 Å². The Morgan fingerprint density at radius 2 is 1.71 bits per heavy atom. The SMILES string of the molecule is ClC1[C@H]2CCC[C@@H]12. The Balaban J connectivity index is 2.06. The molecule has 2 aliphatic rings. The first-order chi connectivity index (χ1) is 3.39. The fraction of sp³-hybridized carbons (Fsp3) is 1.00. The maximum absolute atomic E-state index is 5.85. The molecule has 0 spiro atoms. The molecular weight excluding hydrogens is 108 g/mol. The molecule has 0 aliphatic heterocycles. The first-order valence-corrected chi connectivity index (χ1v) is 3.47. The van der Waals surface area contributed by atoms with E-state index in [1.54, 1.807) is 0 Å². The molecule has 0 saturated heterocycles. The van der Waals surface area contributed by atoms with Gasteiger partial charge in [0.2, 0.25) is 0 Å². The van der Waals surface area contributed by atoms with E-state index in [1.807, 2.05) is 0 Å². The second kappa shape index (κ2) is 1.17. The van der Waals surface area contributed by atoms with Gasteiger partial charge in [-0.3, -0.25) is 0 Å². The zero-order valence-electron chi connectivity index (χ0n) is 4.23. The van der Waals surface area contributed by atoms with Crippen LogP contribution in [0.4, 0.5) is 0 Å². The van der Waals surface area contributed by atoms with Crippen LogP contribution in [0.3, 0.4) is 0 Å². The summed E-state index contributed by atoms with van der Waals surface area (Å²) in [6.45, 7) is 0. The molecule has 2 aliphatic carbocycles. The molecule has 0 radical (unpaired) electrons. The van der Waals surface area contributed by atoms with Crippen LogP contribution in [0.2, 0.25) is 0 Å². The molecule has 1 unspecified atom stereocenters. The summed E-state index contributed by atoms with van der Waals surface area (Å²) >= 11 is 5.85. The minimum Gasteiger partial charge on any atom is -0.122 e. The van der Waals surface area contributed by atoms with E-state index < -0.39 is 0 Å². The summed E-state index contributed by atoms with van der Waals surface area (Å²) in [7, 11) is 0. The summed E-state index contributed by atoms with van der Waals surface area (Å²) < 4.78 is 0. The van der Waals surface area contributed by atoms with Crippen LogP contribution in [0.1, 0.15) is 19.3 Å². The molecular formula is C6H9Cl. The molecule has 0 aromatic carbocycles. The summed E-state index contributed by atoms with van der Waals surface area (Å²) in [4.78, 5) is 0. The van der Waals surface area contributed by atoms with Gasteiger partial charge in [0.05, 0.1) is 0 Å². The van der Waals surface area contributed by atoms with Gasteiger partial charge in [0, 0.05) is 5.38 Å². The first kappa shape index (κ1) is 4.20. The van der Waals surface area contributed by atoms with E-state index in [1.165, 1.54) is 19.3 Å². The molecule has 2 fully saturated rings. The molecule has 0 heterocycles. The largest absolute Gasteiger partial charge is 0.122 e. The quantitative estimate of drug-likeness (QED) is 0.425. The van der Waals surface area contributed by atoms with Crippen LogP contribution in [-0.4, -0.2) is 5.38 Å². The Morgan fingerprint density at radius 3 is 2.00 bits per heavy atom. The molecule has 3 atom stereocenters. The Bertz CT molecular complexity index is 80.2. The van der Waals surface area contributed by atoms with Crippen LogP contribution >= 0.6 is 11.6 Å². The van der Waals surface area contributed by atoms with Crippen molar-refractivity contribution in [1.29, 1.82) is 0 Å². The second-order valence-corrected chi connectivity index (χ2v) is 3.21. The fourth-order valence-corrected chi connectivity index (χ4v) is 2.28. The van der Waals surface area contributed by atoms with Crippen LogP contribution in [-0.2, 0) is 0 Å². The molecule has 0 amide bonds. The van der Waals surface area contributed by atoms with E-state index in [-0.39, 0.29) is 0 Å². The first-order valence-electron chi connectivity index (χ1n) is 3.03. The predicted octanol–water partition coefficient (Wildman–Crippen LogP) is 2.02. The lowest BCUT2D eigenvalue weighted by Gasteiger charge is -1.88. The molecule has 1 heteroatoms. The standard InChI is InChI=1S/C6H9Cl/c7-6-4-2-1-3-5(4)6/h4-6H,1-3H2/t4-,5+,6?. The monoisotopic (exact) mass is 116 g/mol. The zero-order valence-corrected chi connectivity index (χ0v) is 4.99. The average molecular weight is 117 g/mol. The Kier molecular flexibility index (Phi) is 0.699. The van der Waals surface area contributed by atoms with Gasteiger partial charge >= 0.3 is 0 Å². The summed E-state index contributed by atoms with van der Waals surface area (Å²) in [5.41, 5.74) is 0. The maximum atomic E-state index is 5.85. The highest BCUT2D eigenvalue weighted by atomic mass is 35.5. The number of hydrogen-bond donors (Lipinski definition) is 0. The molecule has 0 N–H and O–H groups in total. The smallest absolute Gasteiger partial charge is 0.0398 e. The summed E-state index contributed by atoms with van der Waals surface area (Å²) in [5, 5.41) is 0.591. The van der Waals surface area contributed by atoms with Gasteiger partial charge < -0.3 is 0 Å². The number of hydrogen-bond acceptors (Lipinski definition) is 0. The average Bonchev–Trinajstić information content (AvgIpc) is 2.26. The summed E-state index contributed by atoms with van der Waals surface area (Å²) in [6.07, 6.45) is 4.27. The highest BCUT2D eigenvalue weighted by molar-refractivity contribution is 6.23. The van der Waals surface area contributed by atoms with Crippen LogP contribution < -0.4 is 0 Å². The van der Waals surface area contributed by atoms with Crippen molar-refractivity contribution >= 4 is 11.6 Å². The van der Waals surface area contributed by atoms with Gasteiger partial charge in [-0.1, -0.05) is 6.42 Å². The molecule has 0 bridgehead atoms. The number of rotatable bonds is 0. The molecule has 2 saturated carbocycles. The van der Waals surface area contributed by atoms with Gasteiger partial charge in [0.25, 0.3) is 0 Å². The topological polar surface area (TPSA) is 0 Å². The van der Waals surface area contributed by atoms with Crippen LogP contribution in [0.5, 0.6) is 0 Å². The molecule has 0 nitrogen and oxygen atoms in total. The van der Waals surface area contributed by atoms with E-state index in [9.17, 15) is 0 Å². The van der Waals surface area contributed by atoms with Crippen molar-refractivity contribution < 1.29 is 0 Å². The Morgan fingerprint density at radius 1 is 1.14 bits per heavy atom. The van der Waals surface area contributed by atoms with Gasteiger partial charge in [-0.05, 0) is 24.7 Å². The van der Waals surface area contributed by atoms with Crippen molar-refractivity contribution in [3.63, 3.8) is 0 Å². The Labute approximate surface area is 48.9 Å². The highest BCUT2D eigenvalue weighted by Gasteiger charge is 2.51. The molecule has 7 heavy (non-hydrogen) atoms. The van der Waals surface area contributed by atoms with E-state index >= 15 is 0 Å². The summed E-state index contributed by atoms with van der Waals surface area (Å²) in [6, 6.07) is 0. The lowest BCUT2D eigenvalue weighted by molar-refractivity contribution is 0.739. The lowest BCUT2D eigenvalue weighted by atomic mass is 10.3. The van der Waals surface area contributed by atoms with Crippen molar-refractivity contribution in [2.24, 2.45) is 11.8 Å². The van der Waals surface area contributed by atoms with E-state index in [4.69, 9.17) is 11.6 Å². The van der Waals surface area contributed by atoms with Gasteiger partial charge in [-0.2, -0.15) is 0 Å². The minimum absolute atomic E-state index is 0.591. The molecule has 0 aromatic heterocycles. The third kappa shape index (κ3) is 0.436. The molecule has 2 rings (SSSR count). The van der Waals surface area contributed by atoms with E-state index in [0.717, 1.165) is 11.8 Å². The van der Waals surface area contributed by atoms with Crippen molar-refractivity contribution in [3.8, 4) is 0 Å². The van der Waals surface area contributed by atoms with Gasteiger partial charge in [-0.15, -0.1) is 11.6 Å². The highest BCUT2D eigenvalue weighted by Crippen LogP contribution is 2.55. The van der Waals surface area contributed by atoms with Crippen molar-refractivity contribution in [2.45, 2.75) is 24.6 Å². The van der Waals surface area contributed by atoms with Crippen LogP contribution in [0.25, 0.3) is 0 Å². The van der Waals surface area contributed by atoms with Crippen LogP contribution in [0.15, 0.2) is 0 Å². The fourth-order valence-electron chi connectivity index (χ4n) is 1.73. The second-order valence-electron chi connectivity index (χ2n) is 2.70. The predicted molar refractivity (Wildman–Crippen MR) is 30.5 cm³/mol. The molecule has 0 aromatic rings. The van der Waals surface area contributed by atoms with Crippen molar-refractivity contribution in [2.75, 3.05) is 0 Å².